The van der Waals surface area contributed by atoms with Crippen LogP contribution in [0.4, 0.5) is 0 Å². The van der Waals surface area contributed by atoms with Gasteiger partial charge in [0.15, 0.2) is 0 Å². The Morgan fingerprint density at radius 2 is 2.00 bits per heavy atom. The van der Waals surface area contributed by atoms with Crippen LogP contribution in [0.5, 0.6) is 0 Å². The minimum atomic E-state index is 0.0538. The summed E-state index contributed by atoms with van der Waals surface area (Å²) in [5.41, 5.74) is 1.07. The highest BCUT2D eigenvalue weighted by molar-refractivity contribution is 5.75. The van der Waals surface area contributed by atoms with E-state index in [0.717, 1.165) is 5.56 Å². The number of carbonyl (C=O) groups excluding carboxylic acids is 1. The van der Waals surface area contributed by atoms with Crippen LogP contribution in [-0.4, -0.2) is 34.7 Å². The van der Waals surface area contributed by atoms with Crippen molar-refractivity contribution in [2.24, 2.45) is 0 Å². The van der Waals surface area contributed by atoms with Crippen LogP contribution in [0.3, 0.4) is 0 Å². The van der Waals surface area contributed by atoms with Crippen LogP contribution in [0, 0.1) is 6.92 Å². The van der Waals surface area contributed by atoms with E-state index >= 15 is 0 Å². The summed E-state index contributed by atoms with van der Waals surface area (Å²) in [5.74, 6) is 0.0538. The van der Waals surface area contributed by atoms with Gasteiger partial charge in [0.2, 0.25) is 5.91 Å². The number of likely N-dealkylation sites (N-methyl/N-ethyl adjacent to an activating group) is 1. The maximum absolute atomic E-state index is 11.2. The Bertz CT molecular complexity index is 292. The fraction of sp³-hybridized carbons (Fsp3) is 0.636. The van der Waals surface area contributed by atoms with Crippen LogP contribution in [0.1, 0.15) is 25.8 Å². The first-order valence-electron chi connectivity index (χ1n) is 5.20. The minimum Gasteiger partial charge on any atom is -0.347 e. The van der Waals surface area contributed by atoms with Crippen molar-refractivity contribution in [2.45, 2.75) is 33.7 Å². The Balaban J connectivity index is 0.000000583. The second kappa shape index (κ2) is 7.04. The van der Waals surface area contributed by atoms with Gasteiger partial charge in [-0.2, -0.15) is 5.10 Å². The van der Waals surface area contributed by atoms with Gasteiger partial charge in [-0.1, -0.05) is 20.3 Å². The molecule has 0 fully saturated rings. The molecule has 0 unspecified atom stereocenters. The van der Waals surface area contributed by atoms with Crippen molar-refractivity contribution in [3.05, 3.63) is 18.0 Å². The Kier molecular flexibility index (Phi) is 6.42. The quantitative estimate of drug-likeness (QED) is 0.746. The smallest absolute Gasteiger partial charge is 0.243 e. The van der Waals surface area contributed by atoms with Crippen LogP contribution in [0.15, 0.2) is 12.4 Å². The molecule has 0 aliphatic heterocycles. The minimum absolute atomic E-state index is 0.0538. The van der Waals surface area contributed by atoms with Crippen molar-refractivity contribution in [3.63, 3.8) is 0 Å². The second-order valence-electron chi connectivity index (χ2n) is 3.71. The summed E-state index contributed by atoms with van der Waals surface area (Å²) in [6.07, 6.45) is 4.84. The average molecular weight is 211 g/mol. The Morgan fingerprint density at radius 1 is 1.47 bits per heavy atom. The molecule has 0 aliphatic rings. The molecule has 1 rings (SSSR count). The largest absolute Gasteiger partial charge is 0.347 e. The molecule has 4 heteroatoms. The Labute approximate surface area is 91.9 Å². The van der Waals surface area contributed by atoms with Crippen molar-refractivity contribution in [2.75, 3.05) is 14.1 Å². The van der Waals surface area contributed by atoms with Gasteiger partial charge >= 0.3 is 0 Å². The molecule has 0 N–H and O–H groups in total. The number of hydrogen-bond acceptors (Lipinski definition) is 2. The lowest BCUT2D eigenvalue weighted by Gasteiger charge is -2.09. The molecule has 86 valence electrons. The molecule has 4 nitrogen and oxygen atoms in total. The van der Waals surface area contributed by atoms with Crippen molar-refractivity contribution in [3.8, 4) is 0 Å². The number of carbonyl (C=O) groups is 1. The van der Waals surface area contributed by atoms with Crippen molar-refractivity contribution < 1.29 is 4.79 Å². The Hall–Kier alpha value is -1.32. The van der Waals surface area contributed by atoms with E-state index in [1.165, 1.54) is 6.42 Å². The fourth-order valence-electron chi connectivity index (χ4n) is 0.833. The number of aryl methyl sites for hydroxylation is 1. The molecule has 0 bridgehead atoms. The number of nitrogens with zero attached hydrogens (tertiary/aromatic N) is 3. The van der Waals surface area contributed by atoms with Gasteiger partial charge in [0.25, 0.3) is 0 Å². The molecule has 15 heavy (non-hydrogen) atoms. The normalized spacial score (nSPS) is 9.13. The molecular formula is C11H21N3O. The van der Waals surface area contributed by atoms with Gasteiger partial charge < -0.3 is 4.90 Å². The highest BCUT2D eigenvalue weighted by atomic mass is 16.2. The molecule has 1 heterocycles. The van der Waals surface area contributed by atoms with E-state index in [-0.39, 0.29) is 5.91 Å². The first-order valence-corrected chi connectivity index (χ1v) is 5.20. The lowest BCUT2D eigenvalue weighted by Crippen LogP contribution is -2.26. The topological polar surface area (TPSA) is 38.1 Å². The van der Waals surface area contributed by atoms with E-state index < -0.39 is 0 Å². The van der Waals surface area contributed by atoms with Gasteiger partial charge in [0.1, 0.15) is 6.54 Å². The Morgan fingerprint density at radius 3 is 2.33 bits per heavy atom. The maximum Gasteiger partial charge on any atom is 0.243 e. The van der Waals surface area contributed by atoms with Crippen molar-refractivity contribution in [1.29, 1.82) is 0 Å². The summed E-state index contributed by atoms with van der Waals surface area (Å²) in [5, 5.41) is 4.01. The molecule has 1 aromatic heterocycles. The molecule has 0 saturated heterocycles. The lowest BCUT2D eigenvalue weighted by atomic mass is 10.4. The third kappa shape index (κ3) is 5.88. The average Bonchev–Trinajstić information content (AvgIpc) is 2.52. The highest BCUT2D eigenvalue weighted by Crippen LogP contribution is 1.94. The van der Waals surface area contributed by atoms with Crippen LogP contribution >= 0.6 is 0 Å². The summed E-state index contributed by atoms with van der Waals surface area (Å²) in [7, 11) is 3.47. The van der Waals surface area contributed by atoms with E-state index in [1.54, 1.807) is 29.9 Å². The van der Waals surface area contributed by atoms with E-state index in [0.29, 0.717) is 6.54 Å². The summed E-state index contributed by atoms with van der Waals surface area (Å²) in [4.78, 5) is 12.7. The lowest BCUT2D eigenvalue weighted by molar-refractivity contribution is -0.129. The molecule has 0 aliphatic carbocycles. The molecule has 1 aromatic rings. The highest BCUT2D eigenvalue weighted by Gasteiger charge is 2.04. The number of hydrogen-bond donors (Lipinski definition) is 0. The zero-order valence-corrected chi connectivity index (χ0v) is 10.3. The number of amides is 1. The summed E-state index contributed by atoms with van der Waals surface area (Å²) >= 11 is 0. The molecule has 0 saturated carbocycles. The van der Waals surface area contributed by atoms with Crippen molar-refractivity contribution in [1.82, 2.24) is 14.7 Å². The van der Waals surface area contributed by atoms with Gasteiger partial charge in [0, 0.05) is 20.3 Å². The molecule has 0 atom stereocenters. The predicted octanol–water partition coefficient (Wildman–Crippen LogP) is 1.70. The second-order valence-corrected chi connectivity index (χ2v) is 3.71. The van der Waals surface area contributed by atoms with Gasteiger partial charge in [-0.05, 0) is 12.5 Å². The van der Waals surface area contributed by atoms with Crippen LogP contribution in [0.25, 0.3) is 0 Å². The fourth-order valence-corrected chi connectivity index (χ4v) is 0.833. The molecule has 0 aromatic carbocycles. The number of rotatable bonds is 2. The summed E-state index contributed by atoms with van der Waals surface area (Å²) in [6.45, 7) is 6.52. The standard InChI is InChI=1S/C8H13N3O.C3H8/c1-7-4-9-11(5-7)6-8(12)10(2)3;1-3-2/h4-5H,6H2,1-3H3;3H2,1-2H3. The third-order valence-electron chi connectivity index (χ3n) is 1.56. The van der Waals surface area contributed by atoms with Crippen LogP contribution < -0.4 is 0 Å². The number of aromatic nitrogens is 2. The SMILES string of the molecule is CCC.Cc1cnn(CC(=O)N(C)C)c1. The van der Waals surface area contributed by atoms with E-state index in [2.05, 4.69) is 18.9 Å². The van der Waals surface area contributed by atoms with E-state index in [9.17, 15) is 4.79 Å². The first kappa shape index (κ1) is 13.7. The molecular weight excluding hydrogens is 190 g/mol. The monoisotopic (exact) mass is 211 g/mol. The molecule has 0 spiro atoms. The maximum atomic E-state index is 11.2. The van der Waals surface area contributed by atoms with Crippen LogP contribution in [0.2, 0.25) is 0 Å². The van der Waals surface area contributed by atoms with Gasteiger partial charge in [-0.15, -0.1) is 0 Å². The predicted molar refractivity (Wildman–Crippen MR) is 61.6 cm³/mol. The van der Waals surface area contributed by atoms with Gasteiger partial charge in [-0.3, -0.25) is 9.48 Å². The van der Waals surface area contributed by atoms with Crippen LogP contribution in [-0.2, 0) is 11.3 Å². The molecule has 0 radical (unpaired) electrons. The van der Waals surface area contributed by atoms with Gasteiger partial charge in [0.05, 0.1) is 6.20 Å². The molecule has 1 amide bonds. The van der Waals surface area contributed by atoms with Gasteiger partial charge in [-0.25, -0.2) is 0 Å². The zero-order valence-electron chi connectivity index (χ0n) is 10.3. The van der Waals surface area contributed by atoms with E-state index in [1.807, 2.05) is 13.1 Å². The third-order valence-corrected chi connectivity index (χ3v) is 1.56. The van der Waals surface area contributed by atoms with Crippen molar-refractivity contribution >= 4 is 5.91 Å². The zero-order chi connectivity index (χ0) is 11.8. The summed E-state index contributed by atoms with van der Waals surface area (Å²) < 4.78 is 1.64. The first-order chi connectivity index (χ1) is 7.01. The summed E-state index contributed by atoms with van der Waals surface area (Å²) in [6, 6.07) is 0. The van der Waals surface area contributed by atoms with E-state index in [4.69, 9.17) is 0 Å².